The first kappa shape index (κ1) is 13.8. The molecule has 0 spiro atoms. The van der Waals surface area contributed by atoms with E-state index in [1.54, 1.807) is 0 Å². The van der Waals surface area contributed by atoms with Crippen LogP contribution in [0.2, 0.25) is 0 Å². The van der Waals surface area contributed by atoms with Gasteiger partial charge in [-0.05, 0) is 31.1 Å². The van der Waals surface area contributed by atoms with Crippen molar-refractivity contribution in [1.29, 1.82) is 0 Å². The second-order valence-electron chi connectivity index (χ2n) is 5.51. The van der Waals surface area contributed by atoms with Gasteiger partial charge in [-0.1, -0.05) is 0 Å². The summed E-state index contributed by atoms with van der Waals surface area (Å²) in [5.41, 5.74) is 11.0. The minimum Gasteiger partial charge on any atom is -0.480 e. The van der Waals surface area contributed by atoms with Gasteiger partial charge in [0.25, 0.3) is 0 Å². The predicted octanol–water partition coefficient (Wildman–Crippen LogP) is -1.20. The lowest BCUT2D eigenvalue weighted by molar-refractivity contribution is -0.144. The molecule has 2 rings (SSSR count). The molecule has 2 fully saturated rings. The molecular formula is C12H19N3O4. The summed E-state index contributed by atoms with van der Waals surface area (Å²) in [6, 6.07) is -1.47. The molecule has 2 bridgehead atoms. The van der Waals surface area contributed by atoms with E-state index >= 15 is 0 Å². The Labute approximate surface area is 110 Å². The molecule has 0 aromatic rings. The normalized spacial score (nSPS) is 33.9. The molecular weight excluding hydrogens is 250 g/mol. The smallest absolute Gasteiger partial charge is 0.326 e. The molecule has 4 unspecified atom stereocenters. The lowest BCUT2D eigenvalue weighted by Gasteiger charge is -2.28. The van der Waals surface area contributed by atoms with Crippen molar-refractivity contribution in [2.24, 2.45) is 29.2 Å². The first-order chi connectivity index (χ1) is 8.90. The Kier molecular flexibility index (Phi) is 3.75. The van der Waals surface area contributed by atoms with Crippen molar-refractivity contribution in [3.8, 4) is 0 Å². The van der Waals surface area contributed by atoms with Gasteiger partial charge in [-0.3, -0.25) is 9.59 Å². The third kappa shape index (κ3) is 2.70. The molecule has 0 aliphatic heterocycles. The van der Waals surface area contributed by atoms with Gasteiger partial charge >= 0.3 is 5.97 Å². The van der Waals surface area contributed by atoms with Gasteiger partial charge in [-0.25, -0.2) is 4.79 Å². The van der Waals surface area contributed by atoms with Crippen LogP contribution >= 0.6 is 0 Å². The van der Waals surface area contributed by atoms with Crippen molar-refractivity contribution in [2.75, 3.05) is 0 Å². The van der Waals surface area contributed by atoms with Gasteiger partial charge in [0.05, 0.1) is 12.3 Å². The van der Waals surface area contributed by atoms with Crippen LogP contribution in [0.3, 0.4) is 0 Å². The van der Waals surface area contributed by atoms with Crippen LogP contribution in [0.15, 0.2) is 0 Å². The van der Waals surface area contributed by atoms with Crippen molar-refractivity contribution in [3.63, 3.8) is 0 Å². The number of carboxylic acids is 1. The highest BCUT2D eigenvalue weighted by Gasteiger charge is 2.49. The topological polar surface area (TPSA) is 136 Å². The first-order valence-electron chi connectivity index (χ1n) is 6.47. The lowest BCUT2D eigenvalue weighted by atomic mass is 9.84. The maximum atomic E-state index is 12.1. The number of primary amides is 1. The van der Waals surface area contributed by atoms with E-state index in [9.17, 15) is 14.4 Å². The fourth-order valence-electron chi connectivity index (χ4n) is 3.39. The Morgan fingerprint density at radius 3 is 2.37 bits per heavy atom. The molecule has 0 aromatic carbocycles. The Morgan fingerprint density at radius 2 is 1.89 bits per heavy atom. The number of aliphatic carboxylic acids is 1. The minimum absolute atomic E-state index is 0.207. The van der Waals surface area contributed by atoms with Gasteiger partial charge in [0.1, 0.15) is 6.04 Å². The van der Waals surface area contributed by atoms with Gasteiger partial charge in [-0.2, -0.15) is 0 Å². The Morgan fingerprint density at radius 1 is 1.26 bits per heavy atom. The monoisotopic (exact) mass is 269 g/mol. The highest BCUT2D eigenvalue weighted by molar-refractivity contribution is 5.89. The summed E-state index contributed by atoms with van der Waals surface area (Å²) in [7, 11) is 0. The molecule has 2 aliphatic rings. The molecule has 2 amide bonds. The maximum Gasteiger partial charge on any atom is 0.326 e. The van der Waals surface area contributed by atoms with Gasteiger partial charge in [0, 0.05) is 6.04 Å². The Balaban J connectivity index is 1.99. The number of nitrogens with two attached hydrogens (primary N) is 2. The van der Waals surface area contributed by atoms with Gasteiger partial charge < -0.3 is 21.9 Å². The number of carboxylic acid groups (broad SMARTS) is 1. The summed E-state index contributed by atoms with van der Waals surface area (Å²) >= 11 is 0. The van der Waals surface area contributed by atoms with Crippen molar-refractivity contribution in [2.45, 2.75) is 37.8 Å². The summed E-state index contributed by atoms with van der Waals surface area (Å²) in [6.45, 7) is 0. The number of hydrogen-bond acceptors (Lipinski definition) is 4. The molecule has 5 atom stereocenters. The first-order valence-corrected chi connectivity index (χ1v) is 6.47. The second-order valence-corrected chi connectivity index (χ2v) is 5.51. The number of amides is 2. The molecule has 7 heteroatoms. The fraction of sp³-hybridized carbons (Fsp3) is 0.750. The van der Waals surface area contributed by atoms with Crippen LogP contribution in [0.5, 0.6) is 0 Å². The van der Waals surface area contributed by atoms with Crippen molar-refractivity contribution < 1.29 is 19.5 Å². The minimum atomic E-state index is -1.27. The molecule has 0 radical (unpaired) electrons. The zero-order chi connectivity index (χ0) is 14.2. The van der Waals surface area contributed by atoms with Crippen LogP contribution in [0, 0.1) is 17.8 Å². The second kappa shape index (κ2) is 5.16. The van der Waals surface area contributed by atoms with Crippen LogP contribution < -0.4 is 16.8 Å². The summed E-state index contributed by atoms with van der Waals surface area (Å²) in [5, 5.41) is 11.3. The highest BCUT2D eigenvalue weighted by atomic mass is 16.4. The molecule has 0 saturated heterocycles. The number of hydrogen-bond donors (Lipinski definition) is 4. The average molecular weight is 269 g/mol. The maximum absolute atomic E-state index is 12.1. The zero-order valence-corrected chi connectivity index (χ0v) is 10.5. The summed E-state index contributed by atoms with van der Waals surface area (Å²) in [6.07, 6.45) is 2.53. The van der Waals surface area contributed by atoms with E-state index in [0.29, 0.717) is 5.92 Å². The molecule has 0 heterocycles. The number of rotatable bonds is 5. The fourth-order valence-corrected chi connectivity index (χ4v) is 3.39. The zero-order valence-electron chi connectivity index (χ0n) is 10.5. The molecule has 0 aromatic heterocycles. The van der Waals surface area contributed by atoms with E-state index in [4.69, 9.17) is 16.6 Å². The van der Waals surface area contributed by atoms with Crippen LogP contribution in [-0.4, -0.2) is 35.0 Å². The summed E-state index contributed by atoms with van der Waals surface area (Å²) < 4.78 is 0. The van der Waals surface area contributed by atoms with E-state index < -0.39 is 24.3 Å². The summed E-state index contributed by atoms with van der Waals surface area (Å²) in [5.74, 6) is -2.13. The Hall–Kier alpha value is -1.63. The molecule has 2 saturated carbocycles. The van der Waals surface area contributed by atoms with Crippen LogP contribution in [0.4, 0.5) is 0 Å². The predicted molar refractivity (Wildman–Crippen MR) is 65.7 cm³/mol. The van der Waals surface area contributed by atoms with Crippen molar-refractivity contribution in [1.82, 2.24) is 5.32 Å². The van der Waals surface area contributed by atoms with Gasteiger partial charge in [0.2, 0.25) is 11.8 Å². The third-order valence-electron chi connectivity index (χ3n) is 4.30. The quantitative estimate of drug-likeness (QED) is 0.497. The number of carbonyl (C=O) groups excluding carboxylic acids is 2. The van der Waals surface area contributed by atoms with Crippen molar-refractivity contribution >= 4 is 17.8 Å². The molecule has 6 N–H and O–H groups in total. The SMILES string of the molecule is NC(=O)C[C@@H](NC(=O)C1C2CCC(C2)C1N)C(=O)O. The van der Waals surface area contributed by atoms with E-state index in [0.717, 1.165) is 19.3 Å². The summed E-state index contributed by atoms with van der Waals surface area (Å²) in [4.78, 5) is 33.9. The van der Waals surface area contributed by atoms with E-state index in [-0.39, 0.29) is 23.8 Å². The molecule has 7 nitrogen and oxygen atoms in total. The molecule has 19 heavy (non-hydrogen) atoms. The van der Waals surface area contributed by atoms with E-state index in [1.165, 1.54) is 0 Å². The third-order valence-corrected chi connectivity index (χ3v) is 4.30. The van der Waals surface area contributed by atoms with Gasteiger partial charge in [0.15, 0.2) is 0 Å². The standard InChI is InChI=1S/C12H19N3O4/c13-8(16)4-7(12(18)19)15-11(17)9-5-1-2-6(3-5)10(9)14/h5-7,9-10H,1-4,14H2,(H2,13,16)(H,15,17)(H,18,19)/t5?,6?,7-,9?,10?/m1/s1. The average Bonchev–Trinajstić information content (AvgIpc) is 2.87. The molecule has 106 valence electrons. The number of nitrogens with one attached hydrogen (secondary N) is 1. The van der Waals surface area contributed by atoms with Crippen LogP contribution in [0.1, 0.15) is 25.7 Å². The van der Waals surface area contributed by atoms with Crippen molar-refractivity contribution in [3.05, 3.63) is 0 Å². The number of fused-ring (bicyclic) bond motifs is 2. The highest BCUT2D eigenvalue weighted by Crippen LogP contribution is 2.47. The number of carbonyl (C=O) groups is 3. The van der Waals surface area contributed by atoms with E-state index in [2.05, 4.69) is 5.32 Å². The van der Waals surface area contributed by atoms with E-state index in [1.807, 2.05) is 0 Å². The van der Waals surface area contributed by atoms with Gasteiger partial charge in [-0.15, -0.1) is 0 Å². The van der Waals surface area contributed by atoms with Crippen LogP contribution in [0.25, 0.3) is 0 Å². The lowest BCUT2D eigenvalue weighted by Crippen LogP contribution is -2.51. The van der Waals surface area contributed by atoms with Crippen LogP contribution in [-0.2, 0) is 14.4 Å². The molecule has 2 aliphatic carbocycles. The Bertz CT molecular complexity index is 410. The largest absolute Gasteiger partial charge is 0.480 e.